The number of methoxy groups -OCH3 is 1. The van der Waals surface area contributed by atoms with Crippen molar-refractivity contribution < 1.29 is 9.84 Å². The van der Waals surface area contributed by atoms with Crippen LogP contribution in [0, 0.1) is 25.2 Å². The van der Waals surface area contributed by atoms with Gasteiger partial charge in [-0.05, 0) is 66.9 Å². The minimum atomic E-state index is -0.344. The third kappa shape index (κ3) is 3.15. The van der Waals surface area contributed by atoms with Crippen LogP contribution >= 0.6 is 0 Å². The number of aryl methyl sites for hydroxylation is 2. The monoisotopic (exact) mass is 347 g/mol. The van der Waals surface area contributed by atoms with E-state index in [1.165, 1.54) is 7.11 Å². The molecule has 3 rings (SSSR count). The van der Waals surface area contributed by atoms with Gasteiger partial charge in [0.05, 0.1) is 23.6 Å². The van der Waals surface area contributed by atoms with Gasteiger partial charge in [-0.2, -0.15) is 5.26 Å². The van der Waals surface area contributed by atoms with Crippen molar-refractivity contribution in [3.05, 3.63) is 63.2 Å². The van der Waals surface area contributed by atoms with Gasteiger partial charge in [0, 0.05) is 0 Å². The molecular weight excluding hydrogens is 330 g/mol. The Hall–Kier alpha value is -3.59. The second-order valence-corrected chi connectivity index (χ2v) is 5.97. The fourth-order valence-corrected chi connectivity index (χ4v) is 2.77. The molecule has 1 heterocycles. The molecule has 0 amide bonds. The van der Waals surface area contributed by atoms with Crippen molar-refractivity contribution in [1.82, 2.24) is 9.97 Å². The van der Waals surface area contributed by atoms with E-state index in [1.807, 2.05) is 0 Å². The van der Waals surface area contributed by atoms with E-state index in [0.29, 0.717) is 27.8 Å². The molecule has 0 bridgehead atoms. The van der Waals surface area contributed by atoms with Gasteiger partial charge in [-0.25, -0.2) is 4.98 Å². The summed E-state index contributed by atoms with van der Waals surface area (Å²) in [4.78, 5) is 19.4. The Kier molecular flexibility index (Phi) is 4.46. The van der Waals surface area contributed by atoms with E-state index in [0.717, 1.165) is 5.56 Å². The zero-order valence-corrected chi connectivity index (χ0v) is 14.6. The Morgan fingerprint density at radius 2 is 1.96 bits per heavy atom. The number of hydrogen-bond donors (Lipinski definition) is 2. The third-order valence-electron chi connectivity index (χ3n) is 4.11. The number of rotatable bonds is 3. The number of aromatic hydroxyl groups is 1. The zero-order chi connectivity index (χ0) is 18.8. The number of hydrogen-bond acceptors (Lipinski definition) is 5. The number of phenolic OH excluding ortho intramolecular Hbond substituents is 1. The summed E-state index contributed by atoms with van der Waals surface area (Å²) >= 11 is 0. The maximum Gasteiger partial charge on any atom is 0.259 e. The van der Waals surface area contributed by atoms with E-state index in [2.05, 4.69) is 16.0 Å². The van der Waals surface area contributed by atoms with E-state index in [1.54, 1.807) is 50.3 Å². The summed E-state index contributed by atoms with van der Waals surface area (Å²) in [5.74, 6) is 0.981. The molecule has 2 aromatic carbocycles. The summed E-state index contributed by atoms with van der Waals surface area (Å²) in [6.07, 6.45) is 1.63. The van der Waals surface area contributed by atoms with E-state index in [-0.39, 0.29) is 22.7 Å². The number of fused-ring (bicyclic) bond motifs is 1. The maximum absolute atomic E-state index is 12.4. The van der Waals surface area contributed by atoms with Crippen LogP contribution in [0.25, 0.3) is 22.6 Å². The molecule has 0 unspecified atom stereocenters. The highest BCUT2D eigenvalue weighted by Crippen LogP contribution is 2.25. The van der Waals surface area contributed by atoms with Gasteiger partial charge in [-0.1, -0.05) is 0 Å². The van der Waals surface area contributed by atoms with Gasteiger partial charge in [-0.3, -0.25) is 4.79 Å². The van der Waals surface area contributed by atoms with Gasteiger partial charge < -0.3 is 14.8 Å². The van der Waals surface area contributed by atoms with Gasteiger partial charge in [0.25, 0.3) is 5.56 Å². The van der Waals surface area contributed by atoms with Crippen molar-refractivity contribution in [2.24, 2.45) is 0 Å². The molecule has 0 aliphatic carbocycles. The lowest BCUT2D eigenvalue weighted by atomic mass is 10.0. The topological polar surface area (TPSA) is 99.0 Å². The van der Waals surface area contributed by atoms with Crippen LogP contribution in [0.5, 0.6) is 11.5 Å². The van der Waals surface area contributed by atoms with E-state index < -0.39 is 0 Å². The van der Waals surface area contributed by atoms with Crippen molar-refractivity contribution in [3.63, 3.8) is 0 Å². The van der Waals surface area contributed by atoms with Crippen molar-refractivity contribution in [3.8, 4) is 17.6 Å². The zero-order valence-electron chi connectivity index (χ0n) is 14.6. The van der Waals surface area contributed by atoms with Crippen molar-refractivity contribution in [2.75, 3.05) is 7.11 Å². The SMILES string of the molecule is COc1ccc2nc(/C(C#N)=C/c3cc(C)c(O)c(C)c3)[nH]c(=O)c2c1. The van der Waals surface area contributed by atoms with Crippen LogP contribution in [0.15, 0.2) is 35.1 Å². The maximum atomic E-state index is 12.4. The number of aromatic amines is 1. The number of aromatic nitrogens is 2. The van der Waals surface area contributed by atoms with Crippen molar-refractivity contribution in [2.45, 2.75) is 13.8 Å². The molecule has 0 saturated heterocycles. The summed E-state index contributed by atoms with van der Waals surface area (Å²) in [7, 11) is 1.52. The van der Waals surface area contributed by atoms with Gasteiger partial charge in [0.1, 0.15) is 17.6 Å². The lowest BCUT2D eigenvalue weighted by Crippen LogP contribution is -2.11. The van der Waals surface area contributed by atoms with Crippen LogP contribution in [-0.4, -0.2) is 22.2 Å². The molecule has 0 aliphatic heterocycles. The number of benzene rings is 2. The summed E-state index contributed by atoms with van der Waals surface area (Å²) in [5, 5.41) is 19.8. The Labute approximate surface area is 150 Å². The van der Waals surface area contributed by atoms with Crippen molar-refractivity contribution >= 4 is 22.6 Å². The first kappa shape index (κ1) is 17.2. The first-order valence-electron chi connectivity index (χ1n) is 7.93. The number of H-pyrrole nitrogens is 1. The molecule has 6 nitrogen and oxygen atoms in total. The average molecular weight is 347 g/mol. The average Bonchev–Trinajstić information content (AvgIpc) is 2.63. The molecule has 0 saturated carbocycles. The van der Waals surface area contributed by atoms with Crippen LogP contribution in [0.1, 0.15) is 22.5 Å². The molecule has 0 atom stereocenters. The van der Waals surface area contributed by atoms with Crippen LogP contribution in [0.4, 0.5) is 0 Å². The number of phenols is 1. The fraction of sp³-hybridized carbons (Fsp3) is 0.150. The highest BCUT2D eigenvalue weighted by Gasteiger charge is 2.10. The quantitative estimate of drug-likeness (QED) is 0.708. The molecule has 0 aliphatic rings. The first-order valence-corrected chi connectivity index (χ1v) is 7.93. The van der Waals surface area contributed by atoms with Crippen LogP contribution in [0.2, 0.25) is 0 Å². The number of ether oxygens (including phenoxy) is 1. The first-order chi connectivity index (χ1) is 12.4. The molecule has 130 valence electrons. The number of allylic oxidation sites excluding steroid dienone is 1. The molecule has 26 heavy (non-hydrogen) atoms. The lowest BCUT2D eigenvalue weighted by Gasteiger charge is -2.06. The van der Waals surface area contributed by atoms with E-state index in [4.69, 9.17) is 4.74 Å². The van der Waals surface area contributed by atoms with Gasteiger partial charge in [0.15, 0.2) is 5.82 Å². The molecule has 0 spiro atoms. The Bertz CT molecular complexity index is 1110. The van der Waals surface area contributed by atoms with Crippen LogP contribution in [0.3, 0.4) is 0 Å². The molecule has 0 fully saturated rings. The summed E-state index contributed by atoms with van der Waals surface area (Å²) in [5.41, 5.74) is 2.52. The molecule has 1 aromatic heterocycles. The predicted molar refractivity (Wildman–Crippen MR) is 100.0 cm³/mol. The normalized spacial score (nSPS) is 11.4. The van der Waals surface area contributed by atoms with Crippen molar-refractivity contribution in [1.29, 1.82) is 5.26 Å². The Balaban J connectivity index is 2.14. The van der Waals surface area contributed by atoms with Gasteiger partial charge in [-0.15, -0.1) is 0 Å². The molecule has 3 aromatic rings. The largest absolute Gasteiger partial charge is 0.507 e. The van der Waals surface area contributed by atoms with Crippen LogP contribution < -0.4 is 10.3 Å². The highest BCUT2D eigenvalue weighted by atomic mass is 16.5. The molecule has 2 N–H and O–H groups in total. The minimum Gasteiger partial charge on any atom is -0.507 e. The van der Waals surface area contributed by atoms with Crippen LogP contribution in [-0.2, 0) is 0 Å². The molecule has 0 radical (unpaired) electrons. The second-order valence-electron chi connectivity index (χ2n) is 5.97. The van der Waals surface area contributed by atoms with Gasteiger partial charge >= 0.3 is 0 Å². The summed E-state index contributed by atoms with van der Waals surface area (Å²) < 4.78 is 5.12. The highest BCUT2D eigenvalue weighted by molar-refractivity contribution is 5.89. The summed E-state index contributed by atoms with van der Waals surface area (Å²) in [6, 6.07) is 10.6. The lowest BCUT2D eigenvalue weighted by molar-refractivity contribution is 0.415. The Morgan fingerprint density at radius 1 is 1.27 bits per heavy atom. The molecular formula is C20H17N3O3. The summed E-state index contributed by atoms with van der Waals surface area (Å²) in [6.45, 7) is 3.57. The second kappa shape index (κ2) is 6.73. The Morgan fingerprint density at radius 3 is 2.58 bits per heavy atom. The number of nitriles is 1. The smallest absolute Gasteiger partial charge is 0.259 e. The number of nitrogens with zero attached hydrogens (tertiary/aromatic N) is 2. The standard InChI is InChI=1S/C20H17N3O3/c1-11-6-13(7-12(2)18(11)24)8-14(10-21)19-22-17-5-4-15(26-3)9-16(17)20(25)23-19/h4-9,24H,1-3H3,(H,22,23,25)/b14-8+. The fourth-order valence-electron chi connectivity index (χ4n) is 2.77. The number of nitrogens with one attached hydrogen (secondary N) is 1. The molecule has 6 heteroatoms. The van der Waals surface area contributed by atoms with Gasteiger partial charge in [0.2, 0.25) is 0 Å². The van der Waals surface area contributed by atoms with E-state index in [9.17, 15) is 15.2 Å². The predicted octanol–water partition coefficient (Wildman–Crippen LogP) is 3.32. The van der Waals surface area contributed by atoms with E-state index >= 15 is 0 Å². The third-order valence-corrected chi connectivity index (χ3v) is 4.11. The minimum absolute atomic E-state index is 0.193.